The average molecular weight is 340 g/mol. The summed E-state index contributed by atoms with van der Waals surface area (Å²) in [6, 6.07) is 0.813. The van der Waals surface area contributed by atoms with Gasteiger partial charge in [0, 0.05) is 31.3 Å². The van der Waals surface area contributed by atoms with Crippen LogP contribution in [0.2, 0.25) is 0 Å². The smallest absolute Gasteiger partial charge is 0.326 e. The number of ether oxygens (including phenoxy) is 1. The fourth-order valence-electron chi connectivity index (χ4n) is 2.35. The van der Waals surface area contributed by atoms with Crippen LogP contribution in [-0.2, 0) is 27.4 Å². The number of thiophene rings is 1. The number of aliphatic carboxylic acids is 1. The summed E-state index contributed by atoms with van der Waals surface area (Å²) in [4.78, 5) is 37.8. The van der Waals surface area contributed by atoms with Crippen molar-refractivity contribution in [2.75, 3.05) is 19.7 Å². The SMILES string of the molecule is CC(=O)NCCN(C(=O)c1cc2c(s1)CCOC2)C(C)C(=O)O. The molecule has 1 aromatic rings. The standard InChI is InChI=1S/C15H20N2O5S/c1-9(15(20)21)17(5-4-16-10(2)18)14(19)13-7-11-8-22-6-3-12(11)23-13/h7,9H,3-6,8H2,1-2H3,(H,16,18)(H,20,21). The number of hydrogen-bond donors (Lipinski definition) is 2. The maximum absolute atomic E-state index is 12.7. The summed E-state index contributed by atoms with van der Waals surface area (Å²) in [5.74, 6) is -1.63. The minimum atomic E-state index is -1.08. The van der Waals surface area contributed by atoms with Crippen LogP contribution in [0.25, 0.3) is 0 Å². The Bertz CT molecular complexity index is 590. The van der Waals surface area contributed by atoms with E-state index in [1.165, 1.54) is 30.1 Å². The van der Waals surface area contributed by atoms with E-state index >= 15 is 0 Å². The van der Waals surface area contributed by atoms with Gasteiger partial charge >= 0.3 is 5.97 Å². The highest BCUT2D eigenvalue weighted by molar-refractivity contribution is 7.14. The van der Waals surface area contributed by atoms with Crippen molar-refractivity contribution in [1.29, 1.82) is 0 Å². The van der Waals surface area contributed by atoms with E-state index in [4.69, 9.17) is 4.74 Å². The summed E-state index contributed by atoms with van der Waals surface area (Å²) in [6.07, 6.45) is 0.771. The van der Waals surface area contributed by atoms with E-state index in [1.807, 2.05) is 0 Å². The molecule has 0 fully saturated rings. The summed E-state index contributed by atoms with van der Waals surface area (Å²) in [5.41, 5.74) is 0.995. The lowest BCUT2D eigenvalue weighted by molar-refractivity contribution is -0.141. The van der Waals surface area contributed by atoms with Gasteiger partial charge in [0.15, 0.2) is 0 Å². The normalized spacial score (nSPS) is 14.7. The van der Waals surface area contributed by atoms with Crippen molar-refractivity contribution >= 4 is 29.1 Å². The second-order valence-electron chi connectivity index (χ2n) is 5.36. The zero-order valence-corrected chi connectivity index (χ0v) is 13.9. The molecule has 8 heteroatoms. The molecule has 0 aromatic carbocycles. The third kappa shape index (κ3) is 4.29. The van der Waals surface area contributed by atoms with Crippen LogP contribution >= 0.6 is 11.3 Å². The summed E-state index contributed by atoms with van der Waals surface area (Å²) >= 11 is 1.39. The molecule has 0 aliphatic carbocycles. The summed E-state index contributed by atoms with van der Waals surface area (Å²) in [6.45, 7) is 4.32. The highest BCUT2D eigenvalue weighted by Gasteiger charge is 2.28. The van der Waals surface area contributed by atoms with Crippen molar-refractivity contribution in [2.24, 2.45) is 0 Å². The van der Waals surface area contributed by atoms with Crippen molar-refractivity contribution in [3.63, 3.8) is 0 Å². The quantitative estimate of drug-likeness (QED) is 0.801. The monoisotopic (exact) mass is 340 g/mol. The third-order valence-corrected chi connectivity index (χ3v) is 4.88. The van der Waals surface area contributed by atoms with Crippen LogP contribution in [0.15, 0.2) is 6.07 Å². The Morgan fingerprint density at radius 3 is 2.83 bits per heavy atom. The van der Waals surface area contributed by atoms with Crippen molar-refractivity contribution in [3.05, 3.63) is 21.4 Å². The Kier molecular flexibility index (Phi) is 5.73. The fourth-order valence-corrected chi connectivity index (χ4v) is 3.46. The van der Waals surface area contributed by atoms with Crippen LogP contribution in [0, 0.1) is 0 Å². The van der Waals surface area contributed by atoms with Gasteiger partial charge in [-0.2, -0.15) is 0 Å². The van der Waals surface area contributed by atoms with E-state index in [0.717, 1.165) is 16.9 Å². The molecule has 0 saturated heterocycles. The highest BCUT2D eigenvalue weighted by Crippen LogP contribution is 2.28. The molecule has 0 bridgehead atoms. The number of rotatable bonds is 6. The number of carboxylic acid groups (broad SMARTS) is 1. The molecule has 2 heterocycles. The first kappa shape index (κ1) is 17.4. The minimum absolute atomic E-state index is 0.144. The first-order valence-corrected chi connectivity index (χ1v) is 8.19. The maximum Gasteiger partial charge on any atom is 0.326 e. The molecule has 126 valence electrons. The lowest BCUT2D eigenvalue weighted by Crippen LogP contribution is -2.46. The summed E-state index contributed by atoms with van der Waals surface area (Å²) in [5, 5.41) is 11.8. The molecule has 2 rings (SSSR count). The molecule has 1 unspecified atom stereocenters. The molecule has 23 heavy (non-hydrogen) atoms. The predicted molar refractivity (Wildman–Crippen MR) is 84.5 cm³/mol. The molecule has 1 aliphatic heterocycles. The number of carboxylic acids is 1. The topological polar surface area (TPSA) is 95.9 Å². The molecule has 2 N–H and O–H groups in total. The van der Waals surface area contributed by atoms with E-state index in [0.29, 0.717) is 18.1 Å². The van der Waals surface area contributed by atoms with Crippen LogP contribution in [0.4, 0.5) is 0 Å². The Hall–Kier alpha value is -1.93. The Morgan fingerprint density at radius 2 is 2.22 bits per heavy atom. The number of carbonyl (C=O) groups excluding carboxylic acids is 2. The van der Waals surface area contributed by atoms with Gasteiger partial charge < -0.3 is 20.1 Å². The molecule has 2 amide bonds. The van der Waals surface area contributed by atoms with E-state index in [9.17, 15) is 19.5 Å². The van der Waals surface area contributed by atoms with E-state index in [2.05, 4.69) is 5.32 Å². The van der Waals surface area contributed by atoms with E-state index in [-0.39, 0.29) is 24.9 Å². The Morgan fingerprint density at radius 1 is 1.48 bits per heavy atom. The van der Waals surface area contributed by atoms with Gasteiger partial charge in [-0.25, -0.2) is 4.79 Å². The minimum Gasteiger partial charge on any atom is -0.480 e. The molecular weight excluding hydrogens is 320 g/mol. The van der Waals surface area contributed by atoms with Gasteiger partial charge in [0.05, 0.1) is 18.1 Å². The Labute approximate surface area is 138 Å². The van der Waals surface area contributed by atoms with Gasteiger partial charge in [-0.1, -0.05) is 0 Å². The molecule has 1 aromatic heterocycles. The third-order valence-electron chi connectivity index (χ3n) is 3.65. The lowest BCUT2D eigenvalue weighted by Gasteiger charge is -2.26. The molecule has 0 spiro atoms. The second-order valence-corrected chi connectivity index (χ2v) is 6.49. The number of hydrogen-bond acceptors (Lipinski definition) is 5. The fraction of sp³-hybridized carbons (Fsp3) is 0.533. The van der Waals surface area contributed by atoms with Gasteiger partial charge in [0.25, 0.3) is 5.91 Å². The molecule has 1 atom stereocenters. The van der Waals surface area contributed by atoms with E-state index in [1.54, 1.807) is 6.07 Å². The van der Waals surface area contributed by atoms with Crippen molar-refractivity contribution in [2.45, 2.75) is 32.9 Å². The summed E-state index contributed by atoms with van der Waals surface area (Å²) < 4.78 is 5.37. The van der Waals surface area contributed by atoms with Gasteiger partial charge in [0.1, 0.15) is 6.04 Å². The first-order chi connectivity index (χ1) is 10.9. The van der Waals surface area contributed by atoms with Gasteiger partial charge in [-0.05, 0) is 18.6 Å². The number of nitrogens with one attached hydrogen (secondary N) is 1. The predicted octanol–water partition coefficient (Wildman–Crippen LogP) is 0.872. The number of fused-ring (bicyclic) bond motifs is 1. The molecular formula is C15H20N2O5S. The van der Waals surface area contributed by atoms with Gasteiger partial charge in [-0.3, -0.25) is 9.59 Å². The lowest BCUT2D eigenvalue weighted by atomic mass is 10.2. The molecule has 0 saturated carbocycles. The highest BCUT2D eigenvalue weighted by atomic mass is 32.1. The molecule has 0 radical (unpaired) electrons. The zero-order chi connectivity index (χ0) is 17.0. The second kappa shape index (κ2) is 7.56. The molecule has 1 aliphatic rings. The molecule has 7 nitrogen and oxygen atoms in total. The van der Waals surface area contributed by atoms with Crippen LogP contribution in [-0.4, -0.2) is 53.5 Å². The number of nitrogens with zero attached hydrogens (tertiary/aromatic N) is 1. The van der Waals surface area contributed by atoms with Crippen LogP contribution in [0.1, 0.15) is 34.0 Å². The average Bonchev–Trinajstić information content (AvgIpc) is 2.94. The van der Waals surface area contributed by atoms with Crippen molar-refractivity contribution < 1.29 is 24.2 Å². The first-order valence-electron chi connectivity index (χ1n) is 7.37. The maximum atomic E-state index is 12.7. The summed E-state index contributed by atoms with van der Waals surface area (Å²) in [7, 11) is 0. The van der Waals surface area contributed by atoms with E-state index < -0.39 is 12.0 Å². The van der Waals surface area contributed by atoms with Gasteiger partial charge in [0.2, 0.25) is 5.91 Å². The largest absolute Gasteiger partial charge is 0.480 e. The van der Waals surface area contributed by atoms with Crippen molar-refractivity contribution in [1.82, 2.24) is 10.2 Å². The Balaban J connectivity index is 2.15. The van der Waals surface area contributed by atoms with Crippen LogP contribution in [0.3, 0.4) is 0 Å². The zero-order valence-electron chi connectivity index (χ0n) is 13.1. The van der Waals surface area contributed by atoms with Crippen LogP contribution < -0.4 is 5.32 Å². The van der Waals surface area contributed by atoms with Crippen molar-refractivity contribution in [3.8, 4) is 0 Å². The van der Waals surface area contributed by atoms with Gasteiger partial charge in [-0.15, -0.1) is 11.3 Å². The van der Waals surface area contributed by atoms with Crippen LogP contribution in [0.5, 0.6) is 0 Å². The number of amides is 2. The number of carbonyl (C=O) groups is 3.